The quantitative estimate of drug-likeness (QED) is 0.629. The summed E-state index contributed by atoms with van der Waals surface area (Å²) in [5.41, 5.74) is 4.65. The zero-order valence-corrected chi connectivity index (χ0v) is 15.5. The molecule has 3 nitrogen and oxygen atoms in total. The van der Waals surface area contributed by atoms with E-state index in [0.29, 0.717) is 5.82 Å². The molecule has 1 amide bonds. The molecule has 0 fully saturated rings. The van der Waals surface area contributed by atoms with Crippen LogP contribution in [0, 0.1) is 19.9 Å². The Hall–Kier alpha value is -1.34. The van der Waals surface area contributed by atoms with Crippen LogP contribution < -0.4 is 4.90 Å². The molecule has 0 spiro atoms. The van der Waals surface area contributed by atoms with Gasteiger partial charge in [-0.05, 0) is 13.8 Å². The SMILES string of the molecule is C=C1N(C)C(C)=C(C)C(=O)N1c1c[c-]c(C)cc1C.[W]. The second-order valence-electron chi connectivity index (χ2n) is 5.01. The maximum Gasteiger partial charge on any atom is 0.250 e. The first-order chi connectivity index (χ1) is 8.84. The molecule has 20 heavy (non-hydrogen) atoms. The molecule has 0 bridgehead atoms. The van der Waals surface area contributed by atoms with Crippen molar-refractivity contribution in [2.45, 2.75) is 27.7 Å². The minimum absolute atomic E-state index is 0. The molecule has 1 aliphatic heterocycles. The van der Waals surface area contributed by atoms with Gasteiger partial charge in [0, 0.05) is 39.4 Å². The zero-order chi connectivity index (χ0) is 14.3. The van der Waals surface area contributed by atoms with E-state index in [0.717, 1.165) is 28.1 Å². The molecule has 1 aliphatic rings. The van der Waals surface area contributed by atoms with Gasteiger partial charge < -0.3 is 9.80 Å². The summed E-state index contributed by atoms with van der Waals surface area (Å²) in [6, 6.07) is 7.03. The number of carbonyl (C=O) groups excluding carboxylic acids is 1. The molecule has 0 saturated carbocycles. The van der Waals surface area contributed by atoms with Crippen LogP contribution in [0.2, 0.25) is 0 Å². The molecule has 1 aromatic carbocycles. The standard InChI is InChI=1S/C16H19N2O.W/c1-10-7-8-15(11(2)9-10)18-14(5)17(6)13(4)12(3)16(18)19;/h8-9H,5H2,1-4,6H3;/q-1;. The summed E-state index contributed by atoms with van der Waals surface area (Å²) in [7, 11) is 1.92. The van der Waals surface area contributed by atoms with E-state index in [1.165, 1.54) is 0 Å². The second kappa shape index (κ2) is 5.97. The summed E-state index contributed by atoms with van der Waals surface area (Å²) in [5.74, 6) is 0.661. The van der Waals surface area contributed by atoms with Crippen molar-refractivity contribution < 1.29 is 25.9 Å². The molecule has 1 heterocycles. The summed E-state index contributed by atoms with van der Waals surface area (Å²) in [5, 5.41) is 0. The van der Waals surface area contributed by atoms with Gasteiger partial charge in [-0.1, -0.05) is 26.1 Å². The maximum atomic E-state index is 12.5. The Labute approximate surface area is 135 Å². The molecule has 2 rings (SSSR count). The Morgan fingerprint density at radius 3 is 2.35 bits per heavy atom. The monoisotopic (exact) mass is 439 g/mol. The summed E-state index contributed by atoms with van der Waals surface area (Å²) in [4.78, 5) is 16.1. The molecule has 0 aromatic heterocycles. The summed E-state index contributed by atoms with van der Waals surface area (Å²) < 4.78 is 0. The average Bonchev–Trinajstić information content (AvgIpc) is 2.37. The predicted molar refractivity (Wildman–Crippen MR) is 77.5 cm³/mol. The first kappa shape index (κ1) is 16.7. The number of hydrogen-bond donors (Lipinski definition) is 0. The minimum atomic E-state index is -0.0130. The average molecular weight is 439 g/mol. The number of allylic oxidation sites excluding steroid dienone is 1. The van der Waals surface area contributed by atoms with Crippen LogP contribution in [0.15, 0.2) is 35.8 Å². The van der Waals surface area contributed by atoms with E-state index < -0.39 is 0 Å². The molecule has 4 heteroatoms. The smallest absolute Gasteiger partial charge is 0.250 e. The third-order valence-electron chi connectivity index (χ3n) is 3.73. The molecule has 0 unspecified atom stereocenters. The van der Waals surface area contributed by atoms with Crippen LogP contribution in [0.5, 0.6) is 0 Å². The number of hydrogen-bond acceptors (Lipinski definition) is 2. The first-order valence-electron chi connectivity index (χ1n) is 6.28. The van der Waals surface area contributed by atoms with E-state index >= 15 is 0 Å². The van der Waals surface area contributed by atoms with E-state index in [1.807, 2.05) is 51.8 Å². The topological polar surface area (TPSA) is 23.6 Å². The largest absolute Gasteiger partial charge is 0.335 e. The molecule has 1 aromatic rings. The van der Waals surface area contributed by atoms with E-state index in [1.54, 1.807) is 4.90 Å². The van der Waals surface area contributed by atoms with Gasteiger partial charge in [-0.2, -0.15) is 23.8 Å². The van der Waals surface area contributed by atoms with Crippen molar-refractivity contribution in [2.24, 2.45) is 0 Å². The fourth-order valence-corrected chi connectivity index (χ4v) is 2.26. The summed E-state index contributed by atoms with van der Waals surface area (Å²) in [6.07, 6.45) is 0. The maximum absolute atomic E-state index is 12.5. The van der Waals surface area contributed by atoms with Gasteiger partial charge in [-0.15, -0.1) is 5.56 Å². The Kier molecular flexibility index (Phi) is 4.99. The van der Waals surface area contributed by atoms with Gasteiger partial charge in [0.25, 0.3) is 0 Å². The van der Waals surface area contributed by atoms with Gasteiger partial charge in [0.05, 0.1) is 0 Å². The van der Waals surface area contributed by atoms with Crippen LogP contribution in [0.1, 0.15) is 25.0 Å². The van der Waals surface area contributed by atoms with Gasteiger partial charge in [0.15, 0.2) is 0 Å². The van der Waals surface area contributed by atoms with Gasteiger partial charge >= 0.3 is 0 Å². The van der Waals surface area contributed by atoms with Gasteiger partial charge in [-0.3, -0.25) is 4.79 Å². The van der Waals surface area contributed by atoms with E-state index in [9.17, 15) is 4.79 Å². The van der Waals surface area contributed by atoms with Crippen LogP contribution in [0.25, 0.3) is 0 Å². The van der Waals surface area contributed by atoms with Gasteiger partial charge in [0.1, 0.15) is 5.82 Å². The van der Waals surface area contributed by atoms with Crippen molar-refractivity contribution >= 4 is 11.6 Å². The Bertz CT molecular complexity index is 604. The number of amides is 1. The predicted octanol–water partition coefficient (Wildman–Crippen LogP) is 3.14. The molecule has 0 aliphatic carbocycles. The molecular weight excluding hydrogens is 420 g/mol. The fourth-order valence-electron chi connectivity index (χ4n) is 2.26. The second-order valence-corrected chi connectivity index (χ2v) is 5.01. The number of anilines is 1. The van der Waals surface area contributed by atoms with Gasteiger partial charge in [-0.25, -0.2) is 0 Å². The number of carbonyl (C=O) groups is 1. The third kappa shape index (κ3) is 2.60. The first-order valence-corrected chi connectivity index (χ1v) is 6.28. The molecular formula is C16H19N2OW-. The number of rotatable bonds is 1. The Morgan fingerprint density at radius 2 is 1.80 bits per heavy atom. The van der Waals surface area contributed by atoms with Gasteiger partial charge in [0.2, 0.25) is 5.91 Å². The van der Waals surface area contributed by atoms with E-state index in [-0.39, 0.29) is 27.0 Å². The van der Waals surface area contributed by atoms with E-state index in [2.05, 4.69) is 12.6 Å². The normalized spacial score (nSPS) is 15.7. The minimum Gasteiger partial charge on any atom is -0.335 e. The number of aryl methyl sites for hydroxylation is 2. The van der Waals surface area contributed by atoms with Crippen LogP contribution >= 0.6 is 0 Å². The molecule has 0 radical (unpaired) electrons. The Morgan fingerprint density at radius 1 is 1.20 bits per heavy atom. The summed E-state index contributed by atoms with van der Waals surface area (Å²) >= 11 is 0. The van der Waals surface area contributed by atoms with E-state index in [4.69, 9.17) is 0 Å². The third-order valence-corrected chi connectivity index (χ3v) is 3.73. The number of benzene rings is 1. The van der Waals surface area contributed by atoms with Crippen molar-refractivity contribution in [1.82, 2.24) is 4.90 Å². The van der Waals surface area contributed by atoms with Crippen molar-refractivity contribution in [3.63, 3.8) is 0 Å². The summed E-state index contributed by atoms with van der Waals surface area (Å²) in [6.45, 7) is 11.8. The zero-order valence-electron chi connectivity index (χ0n) is 12.6. The molecule has 0 N–H and O–H groups in total. The van der Waals surface area contributed by atoms with Crippen molar-refractivity contribution in [3.05, 3.63) is 53.0 Å². The number of nitrogens with zero attached hydrogens (tertiary/aromatic N) is 2. The van der Waals surface area contributed by atoms with Crippen LogP contribution in [-0.4, -0.2) is 17.9 Å². The van der Waals surface area contributed by atoms with Crippen molar-refractivity contribution in [2.75, 3.05) is 11.9 Å². The molecule has 0 saturated heterocycles. The fraction of sp³-hybridized carbons (Fsp3) is 0.312. The Balaban J connectivity index is 0.00000200. The molecule has 106 valence electrons. The van der Waals surface area contributed by atoms with Crippen LogP contribution in [0.4, 0.5) is 5.69 Å². The van der Waals surface area contributed by atoms with Crippen molar-refractivity contribution in [3.8, 4) is 0 Å². The van der Waals surface area contributed by atoms with Crippen LogP contribution in [-0.2, 0) is 25.9 Å². The molecule has 0 atom stereocenters. The van der Waals surface area contributed by atoms with Crippen molar-refractivity contribution in [1.29, 1.82) is 0 Å². The van der Waals surface area contributed by atoms with Crippen LogP contribution in [0.3, 0.4) is 0 Å².